The Morgan fingerprint density at radius 1 is 0.360 bits per heavy atom. The van der Waals surface area contributed by atoms with E-state index < -0.39 is 124 Å². The van der Waals surface area contributed by atoms with E-state index in [9.17, 15) is 61.0 Å². The van der Waals surface area contributed by atoms with Gasteiger partial charge in [-0.25, -0.2) is 0 Å². The molecule has 528 valence electrons. The van der Waals surface area contributed by atoms with Crippen LogP contribution in [0.25, 0.3) is 0 Å². The highest BCUT2D eigenvalue weighted by Crippen LogP contribution is 2.33. The molecule has 3 heterocycles. The SMILES string of the molecule is CCCCCCCCCCCCCCCCCCCCCCCCCCCCCCCCCCC(=O)NC(COC1OC(CO)C(OC2OC(CO)C(OC3OC(CO)C(O)C(O)C3O)C(O)C2O)C(O)C1O)C(O)CCCCCCCCCCCCCC. The number of nitrogens with one attached hydrogen (secondary N) is 1. The molecule has 0 aliphatic carbocycles. The fraction of sp³-hybridized carbons (Fsp3) is 0.986. The molecule has 19 nitrogen and oxygen atoms in total. The Bertz CT molecular complexity index is 1620. The van der Waals surface area contributed by atoms with Crippen molar-refractivity contribution in [2.45, 2.75) is 413 Å². The third-order valence-corrected chi connectivity index (χ3v) is 18.9. The number of hydrogen-bond donors (Lipinski definition) is 12. The maximum Gasteiger partial charge on any atom is 0.220 e. The summed E-state index contributed by atoms with van der Waals surface area (Å²) in [5.74, 6) is -0.236. The highest BCUT2D eigenvalue weighted by molar-refractivity contribution is 5.76. The average Bonchev–Trinajstić information content (AvgIpc) is 1.21. The number of aliphatic hydroxyl groups is 11. The van der Waals surface area contributed by atoms with E-state index >= 15 is 0 Å². The number of hydrogen-bond acceptors (Lipinski definition) is 18. The van der Waals surface area contributed by atoms with Crippen LogP contribution in [0.2, 0.25) is 0 Å². The highest BCUT2D eigenvalue weighted by atomic mass is 16.8. The molecule has 3 fully saturated rings. The molecule has 3 rings (SSSR count). The van der Waals surface area contributed by atoms with Crippen LogP contribution in [-0.4, -0.2) is 193 Å². The third kappa shape index (κ3) is 34.9. The van der Waals surface area contributed by atoms with Gasteiger partial charge in [0.05, 0.1) is 38.6 Å². The predicted octanol–water partition coefficient (Wildman–Crippen LogP) is 10.3. The van der Waals surface area contributed by atoms with Crippen LogP contribution in [0.15, 0.2) is 0 Å². The van der Waals surface area contributed by atoms with E-state index in [1.807, 2.05) is 0 Å². The van der Waals surface area contributed by atoms with Crippen molar-refractivity contribution in [2.24, 2.45) is 0 Å². The Hall–Kier alpha value is -1.21. The maximum absolute atomic E-state index is 13.4. The summed E-state index contributed by atoms with van der Waals surface area (Å²) in [6.07, 6.45) is 30.8. The molecule has 1 amide bonds. The number of rotatable bonds is 58. The lowest BCUT2D eigenvalue weighted by atomic mass is 9.96. The van der Waals surface area contributed by atoms with Gasteiger partial charge in [0.1, 0.15) is 73.2 Å². The second kappa shape index (κ2) is 53.0. The van der Waals surface area contributed by atoms with Crippen LogP contribution >= 0.6 is 0 Å². The van der Waals surface area contributed by atoms with Gasteiger partial charge in [-0.2, -0.15) is 0 Å². The predicted molar refractivity (Wildman–Crippen MR) is 347 cm³/mol. The average molecular weight is 1280 g/mol. The van der Waals surface area contributed by atoms with E-state index in [0.717, 1.165) is 44.9 Å². The van der Waals surface area contributed by atoms with Crippen molar-refractivity contribution < 1.29 is 89.4 Å². The van der Waals surface area contributed by atoms with Crippen molar-refractivity contribution >= 4 is 5.91 Å². The van der Waals surface area contributed by atoms with Gasteiger partial charge in [-0.15, -0.1) is 0 Å². The van der Waals surface area contributed by atoms with E-state index in [2.05, 4.69) is 19.2 Å². The van der Waals surface area contributed by atoms with Crippen LogP contribution in [0.1, 0.15) is 309 Å². The molecule has 3 aliphatic rings. The molecular weight excluding hydrogens is 1140 g/mol. The van der Waals surface area contributed by atoms with Gasteiger partial charge in [0.25, 0.3) is 0 Å². The molecule has 0 spiro atoms. The van der Waals surface area contributed by atoms with Crippen molar-refractivity contribution in [3.63, 3.8) is 0 Å². The van der Waals surface area contributed by atoms with Crippen molar-refractivity contribution in [1.29, 1.82) is 0 Å². The number of ether oxygens (including phenoxy) is 6. The highest BCUT2D eigenvalue weighted by Gasteiger charge is 2.53. The molecule has 3 saturated heterocycles. The van der Waals surface area contributed by atoms with Gasteiger partial charge < -0.3 is 89.9 Å². The van der Waals surface area contributed by atoms with Crippen molar-refractivity contribution in [3.8, 4) is 0 Å². The monoisotopic (exact) mass is 1280 g/mol. The first-order valence-electron chi connectivity index (χ1n) is 36.8. The molecular formula is C70H135NO18. The zero-order valence-corrected chi connectivity index (χ0v) is 55.9. The number of aliphatic hydroxyl groups excluding tert-OH is 11. The van der Waals surface area contributed by atoms with E-state index in [1.54, 1.807) is 0 Å². The molecule has 0 aromatic rings. The summed E-state index contributed by atoms with van der Waals surface area (Å²) in [4.78, 5) is 13.4. The standard InChI is InChI=1S/C70H135NO18/c1-3-5-7-9-11-13-15-17-18-19-20-21-22-23-24-25-26-27-28-29-30-31-32-33-34-35-36-38-40-42-44-46-48-58(76)71-53(54(75)47-45-43-41-39-37-16-14-12-10-8-6-4-2)52-84-68-64(82)61(79)66(56(50-73)86-68)89-70-65(83)62(80)67(57(51-74)87-70)88-69-63(81)60(78)59(77)55(49-72)85-69/h53-57,59-70,72-75,77-83H,3-52H2,1-2H3,(H,71,76). The van der Waals surface area contributed by atoms with E-state index in [-0.39, 0.29) is 18.9 Å². The molecule has 19 heteroatoms. The first-order valence-corrected chi connectivity index (χ1v) is 36.8. The van der Waals surface area contributed by atoms with Crippen LogP contribution < -0.4 is 5.32 Å². The largest absolute Gasteiger partial charge is 0.394 e. The number of amides is 1. The Kier molecular flexibility index (Phi) is 48.8. The van der Waals surface area contributed by atoms with Crippen LogP contribution in [0.5, 0.6) is 0 Å². The third-order valence-electron chi connectivity index (χ3n) is 18.9. The zero-order valence-electron chi connectivity index (χ0n) is 55.9. The van der Waals surface area contributed by atoms with E-state index in [4.69, 9.17) is 28.4 Å². The van der Waals surface area contributed by atoms with Gasteiger partial charge in [-0.1, -0.05) is 290 Å². The Morgan fingerprint density at radius 2 is 0.640 bits per heavy atom. The molecule has 89 heavy (non-hydrogen) atoms. The van der Waals surface area contributed by atoms with Crippen molar-refractivity contribution in [3.05, 3.63) is 0 Å². The van der Waals surface area contributed by atoms with Gasteiger partial charge >= 0.3 is 0 Å². The Labute approximate surface area is 538 Å². The topological polar surface area (TPSA) is 307 Å². The first-order chi connectivity index (χ1) is 43.3. The second-order valence-corrected chi connectivity index (χ2v) is 26.8. The number of carbonyl (C=O) groups excluding carboxylic acids is 1. The molecule has 12 N–H and O–H groups in total. The van der Waals surface area contributed by atoms with Crippen molar-refractivity contribution in [2.75, 3.05) is 26.4 Å². The first kappa shape index (κ1) is 82.0. The van der Waals surface area contributed by atoms with Crippen LogP contribution in [0, 0.1) is 0 Å². The molecule has 0 radical (unpaired) electrons. The van der Waals surface area contributed by atoms with E-state index in [1.165, 1.54) is 231 Å². The lowest BCUT2D eigenvalue weighted by molar-refractivity contribution is -0.379. The summed E-state index contributed by atoms with van der Waals surface area (Å²) in [6, 6.07) is -0.881. The molecule has 17 atom stereocenters. The summed E-state index contributed by atoms with van der Waals surface area (Å²) in [5, 5.41) is 121. The van der Waals surface area contributed by atoms with Crippen LogP contribution in [-0.2, 0) is 33.2 Å². The lowest BCUT2D eigenvalue weighted by Crippen LogP contribution is -2.66. The van der Waals surface area contributed by atoms with Gasteiger partial charge in [-0.3, -0.25) is 4.79 Å². The van der Waals surface area contributed by atoms with Crippen molar-refractivity contribution in [1.82, 2.24) is 5.32 Å². The maximum atomic E-state index is 13.4. The molecule has 0 aromatic carbocycles. The van der Waals surface area contributed by atoms with Gasteiger partial charge in [0, 0.05) is 6.42 Å². The molecule has 0 saturated carbocycles. The second-order valence-electron chi connectivity index (χ2n) is 26.8. The summed E-state index contributed by atoms with van der Waals surface area (Å²) in [6.45, 7) is 1.83. The quantitative estimate of drug-likeness (QED) is 0.0252. The molecule has 3 aliphatic heterocycles. The minimum absolute atomic E-state index is 0.236. The van der Waals surface area contributed by atoms with Crippen LogP contribution in [0.4, 0.5) is 0 Å². The summed E-state index contributed by atoms with van der Waals surface area (Å²) >= 11 is 0. The van der Waals surface area contributed by atoms with E-state index in [0.29, 0.717) is 12.8 Å². The Morgan fingerprint density at radius 3 is 0.978 bits per heavy atom. The fourth-order valence-electron chi connectivity index (χ4n) is 13.0. The Balaban J connectivity index is 1.33. The zero-order chi connectivity index (χ0) is 64.7. The lowest BCUT2D eigenvalue weighted by Gasteiger charge is -2.48. The smallest absolute Gasteiger partial charge is 0.220 e. The molecule has 17 unspecified atom stereocenters. The van der Waals surface area contributed by atoms with Crippen LogP contribution in [0.3, 0.4) is 0 Å². The van der Waals surface area contributed by atoms with Gasteiger partial charge in [0.15, 0.2) is 18.9 Å². The normalized spacial score (nSPS) is 28.1. The molecule has 0 bridgehead atoms. The summed E-state index contributed by atoms with van der Waals surface area (Å²) in [5.41, 5.74) is 0. The fourth-order valence-corrected chi connectivity index (χ4v) is 13.0. The minimum atomic E-state index is -1.97. The number of carbonyl (C=O) groups is 1. The summed E-state index contributed by atoms with van der Waals surface area (Å²) < 4.78 is 34.4. The summed E-state index contributed by atoms with van der Waals surface area (Å²) in [7, 11) is 0. The van der Waals surface area contributed by atoms with Gasteiger partial charge in [0.2, 0.25) is 5.91 Å². The number of unbranched alkanes of at least 4 members (excludes halogenated alkanes) is 42. The minimum Gasteiger partial charge on any atom is -0.394 e. The molecule has 0 aromatic heterocycles. The van der Waals surface area contributed by atoms with Gasteiger partial charge in [-0.05, 0) is 12.8 Å².